The summed E-state index contributed by atoms with van der Waals surface area (Å²) in [6.07, 6.45) is 7.82. The van der Waals surface area contributed by atoms with Gasteiger partial charge in [0.1, 0.15) is 0 Å². The van der Waals surface area contributed by atoms with E-state index >= 15 is 0 Å². The van der Waals surface area contributed by atoms with Crippen molar-refractivity contribution in [3.63, 3.8) is 0 Å². The van der Waals surface area contributed by atoms with Crippen LogP contribution in [0.25, 0.3) is 0 Å². The van der Waals surface area contributed by atoms with Crippen LogP contribution < -0.4 is 5.32 Å². The van der Waals surface area contributed by atoms with E-state index in [1.165, 1.54) is 36.9 Å². The van der Waals surface area contributed by atoms with Crippen LogP contribution in [0.2, 0.25) is 0 Å². The molecule has 0 radical (unpaired) electrons. The quantitative estimate of drug-likeness (QED) is 0.680. The summed E-state index contributed by atoms with van der Waals surface area (Å²) in [6, 6.07) is 8.74. The summed E-state index contributed by atoms with van der Waals surface area (Å²) in [4.78, 5) is 0. The Morgan fingerprint density at radius 2 is 2.07 bits per heavy atom. The predicted octanol–water partition coefficient (Wildman–Crippen LogP) is 3.70. The van der Waals surface area contributed by atoms with E-state index in [-0.39, 0.29) is 0 Å². The minimum atomic E-state index is 0.654. The molecule has 0 bridgehead atoms. The van der Waals surface area contributed by atoms with Gasteiger partial charge in [-0.15, -0.1) is 0 Å². The summed E-state index contributed by atoms with van der Waals surface area (Å²) in [5.41, 5.74) is 4.51. The van der Waals surface area contributed by atoms with Crippen molar-refractivity contribution in [1.29, 1.82) is 0 Å². The zero-order valence-corrected chi connectivity index (χ0v) is 9.00. The number of fused-ring (bicyclic) bond motifs is 1. The van der Waals surface area contributed by atoms with Crippen molar-refractivity contribution in [2.75, 3.05) is 11.9 Å². The van der Waals surface area contributed by atoms with E-state index in [2.05, 4.69) is 35.7 Å². The molecule has 15 heavy (non-hydrogen) atoms. The third-order valence-corrected chi connectivity index (χ3v) is 3.61. The second-order valence-corrected chi connectivity index (χ2v) is 4.55. The highest BCUT2D eigenvalue weighted by Gasteiger charge is 2.25. The van der Waals surface area contributed by atoms with Crippen molar-refractivity contribution >= 4 is 5.69 Å². The minimum Gasteiger partial charge on any atom is -0.384 e. The van der Waals surface area contributed by atoms with Crippen molar-refractivity contribution in [2.45, 2.75) is 31.6 Å². The van der Waals surface area contributed by atoms with Gasteiger partial charge in [-0.1, -0.05) is 29.8 Å². The Labute approximate surface area is 91.2 Å². The monoisotopic (exact) mass is 199 g/mol. The van der Waals surface area contributed by atoms with E-state index < -0.39 is 0 Å². The number of benzene rings is 1. The van der Waals surface area contributed by atoms with E-state index in [9.17, 15) is 0 Å². The average Bonchev–Trinajstić information content (AvgIpc) is 2.74. The average molecular weight is 199 g/mol. The molecule has 0 spiro atoms. The maximum absolute atomic E-state index is 3.51. The molecule has 0 saturated heterocycles. The molecule has 3 rings (SSSR count). The molecule has 0 saturated carbocycles. The summed E-state index contributed by atoms with van der Waals surface area (Å²) < 4.78 is 0. The van der Waals surface area contributed by atoms with Gasteiger partial charge in [-0.3, -0.25) is 0 Å². The molecule has 0 aromatic heterocycles. The zero-order chi connectivity index (χ0) is 10.1. The van der Waals surface area contributed by atoms with Crippen molar-refractivity contribution in [3.8, 4) is 0 Å². The van der Waals surface area contributed by atoms with Crippen molar-refractivity contribution < 1.29 is 0 Å². The molecule has 1 heteroatoms. The lowest BCUT2D eigenvalue weighted by molar-refractivity contribution is 0.656. The minimum absolute atomic E-state index is 0.654. The number of rotatable bonds is 1. The Bertz CT molecular complexity index is 392. The van der Waals surface area contributed by atoms with Gasteiger partial charge >= 0.3 is 0 Å². The molecule has 1 aliphatic carbocycles. The second kappa shape index (κ2) is 3.73. The van der Waals surface area contributed by atoms with Crippen LogP contribution in [-0.2, 0) is 0 Å². The Balaban J connectivity index is 1.93. The van der Waals surface area contributed by atoms with E-state index in [0.717, 1.165) is 6.54 Å². The molecular formula is C14H17N. The Kier molecular flexibility index (Phi) is 2.24. The molecule has 1 aliphatic heterocycles. The number of para-hydroxylation sites is 1. The van der Waals surface area contributed by atoms with E-state index in [1.54, 1.807) is 5.57 Å². The van der Waals surface area contributed by atoms with Gasteiger partial charge in [0.2, 0.25) is 0 Å². The Hall–Kier alpha value is -1.24. The van der Waals surface area contributed by atoms with Gasteiger partial charge in [0.25, 0.3) is 0 Å². The van der Waals surface area contributed by atoms with Gasteiger partial charge in [0.05, 0.1) is 0 Å². The molecule has 1 atom stereocenters. The van der Waals surface area contributed by atoms with E-state index in [1.807, 2.05) is 0 Å². The summed E-state index contributed by atoms with van der Waals surface area (Å²) in [6.45, 7) is 1.10. The maximum atomic E-state index is 3.51. The van der Waals surface area contributed by atoms with Crippen molar-refractivity contribution in [2.24, 2.45) is 0 Å². The summed E-state index contributed by atoms with van der Waals surface area (Å²) in [5, 5.41) is 3.51. The standard InChI is InChI=1S/C14H17N/c1-2-6-11(7-3-1)13-10-15-14-9-5-4-8-12(13)14/h4-6,8-9,13,15H,1-3,7,10H2. The Morgan fingerprint density at radius 1 is 1.13 bits per heavy atom. The fourth-order valence-corrected chi connectivity index (χ4v) is 2.79. The molecule has 0 fully saturated rings. The highest BCUT2D eigenvalue weighted by Crippen LogP contribution is 2.39. The van der Waals surface area contributed by atoms with Gasteiger partial charge in [0, 0.05) is 18.2 Å². The van der Waals surface area contributed by atoms with Crippen LogP contribution in [0.4, 0.5) is 5.69 Å². The first-order valence-electron chi connectivity index (χ1n) is 5.97. The van der Waals surface area contributed by atoms with Gasteiger partial charge < -0.3 is 5.32 Å². The smallest absolute Gasteiger partial charge is 0.0379 e. The van der Waals surface area contributed by atoms with Crippen molar-refractivity contribution in [1.82, 2.24) is 0 Å². The lowest BCUT2D eigenvalue weighted by atomic mass is 9.86. The SMILES string of the molecule is C1=C(C2CNc3ccccc32)CCCC1. The van der Waals surface area contributed by atoms with Crippen LogP contribution in [0.3, 0.4) is 0 Å². The first kappa shape index (κ1) is 9.02. The van der Waals surface area contributed by atoms with Gasteiger partial charge in [0.15, 0.2) is 0 Å². The summed E-state index contributed by atoms with van der Waals surface area (Å²) in [7, 11) is 0. The zero-order valence-electron chi connectivity index (χ0n) is 9.00. The van der Waals surface area contributed by atoms with Crippen LogP contribution in [0.15, 0.2) is 35.9 Å². The molecule has 1 aromatic carbocycles. The Morgan fingerprint density at radius 3 is 2.93 bits per heavy atom. The molecule has 1 N–H and O–H groups in total. The predicted molar refractivity (Wildman–Crippen MR) is 64.2 cm³/mol. The van der Waals surface area contributed by atoms with Gasteiger partial charge in [-0.25, -0.2) is 0 Å². The number of allylic oxidation sites excluding steroid dienone is 1. The number of hydrogen-bond donors (Lipinski definition) is 1. The fraction of sp³-hybridized carbons (Fsp3) is 0.429. The first-order chi connectivity index (χ1) is 7.45. The molecule has 1 heterocycles. The largest absolute Gasteiger partial charge is 0.384 e. The third kappa shape index (κ3) is 1.56. The molecule has 1 nitrogen and oxygen atoms in total. The normalized spacial score (nSPS) is 24.3. The first-order valence-corrected chi connectivity index (χ1v) is 5.97. The van der Waals surface area contributed by atoms with Gasteiger partial charge in [-0.2, -0.15) is 0 Å². The summed E-state index contributed by atoms with van der Waals surface area (Å²) >= 11 is 0. The third-order valence-electron chi connectivity index (χ3n) is 3.61. The molecular weight excluding hydrogens is 182 g/mol. The van der Waals surface area contributed by atoms with Crippen LogP contribution >= 0.6 is 0 Å². The van der Waals surface area contributed by atoms with Crippen molar-refractivity contribution in [3.05, 3.63) is 41.5 Å². The highest BCUT2D eigenvalue weighted by atomic mass is 14.9. The van der Waals surface area contributed by atoms with E-state index in [4.69, 9.17) is 0 Å². The maximum Gasteiger partial charge on any atom is 0.0379 e. The number of nitrogens with one attached hydrogen (secondary N) is 1. The molecule has 2 aliphatic rings. The lowest BCUT2D eigenvalue weighted by Gasteiger charge is -2.18. The molecule has 0 amide bonds. The van der Waals surface area contributed by atoms with Gasteiger partial charge in [-0.05, 0) is 37.3 Å². The highest BCUT2D eigenvalue weighted by molar-refractivity contribution is 5.60. The van der Waals surface area contributed by atoms with Crippen LogP contribution in [0.5, 0.6) is 0 Å². The lowest BCUT2D eigenvalue weighted by Crippen LogP contribution is -2.07. The van der Waals surface area contributed by atoms with E-state index in [0.29, 0.717) is 5.92 Å². The molecule has 1 aromatic rings. The number of anilines is 1. The molecule has 1 unspecified atom stereocenters. The van der Waals surface area contributed by atoms with Crippen LogP contribution in [-0.4, -0.2) is 6.54 Å². The molecule has 78 valence electrons. The summed E-state index contributed by atoms with van der Waals surface area (Å²) in [5.74, 6) is 0.654. The fourth-order valence-electron chi connectivity index (χ4n) is 2.79. The van der Waals surface area contributed by atoms with Crippen LogP contribution in [0.1, 0.15) is 37.2 Å². The number of hydrogen-bond acceptors (Lipinski definition) is 1. The second-order valence-electron chi connectivity index (χ2n) is 4.55. The topological polar surface area (TPSA) is 12.0 Å². The van der Waals surface area contributed by atoms with Crippen LogP contribution in [0, 0.1) is 0 Å².